The van der Waals surface area contributed by atoms with Crippen molar-refractivity contribution in [2.24, 2.45) is 0 Å². The van der Waals surface area contributed by atoms with E-state index in [0.717, 1.165) is 11.3 Å². The van der Waals surface area contributed by atoms with E-state index in [4.69, 9.17) is 43.0 Å². The van der Waals surface area contributed by atoms with Gasteiger partial charge in [0.15, 0.2) is 8.32 Å². The van der Waals surface area contributed by atoms with Gasteiger partial charge in [-0.3, -0.25) is 0 Å². The second-order valence-corrected chi connectivity index (χ2v) is 24.1. The van der Waals surface area contributed by atoms with Gasteiger partial charge in [-0.25, -0.2) is 4.85 Å². The lowest BCUT2D eigenvalue weighted by Crippen LogP contribution is -2.45. The number of aromatic nitrogens is 2. The van der Waals surface area contributed by atoms with Crippen molar-refractivity contribution < 1.29 is 13.3 Å². The lowest BCUT2D eigenvalue weighted by molar-refractivity contribution is 0.166. The molecule has 42 heavy (non-hydrogen) atoms. The second kappa shape index (κ2) is 12.3. The van der Waals surface area contributed by atoms with E-state index in [2.05, 4.69) is 88.1 Å². The first kappa shape index (κ1) is 34.1. The maximum atomic E-state index is 7.39. The normalized spacial score (nSPS) is 14.3. The zero-order chi connectivity index (χ0) is 31.8. The molecule has 0 saturated carbocycles. The summed E-state index contributed by atoms with van der Waals surface area (Å²) >= 11 is 13.2. The summed E-state index contributed by atoms with van der Waals surface area (Å²) in [6.45, 7) is 33.3. The van der Waals surface area contributed by atoms with Crippen LogP contribution in [0.1, 0.15) is 66.0 Å². The second-order valence-electron chi connectivity index (χ2n) is 13.8. The quantitative estimate of drug-likeness (QED) is 0.184. The molecule has 11 heteroatoms. The highest BCUT2D eigenvalue weighted by Gasteiger charge is 2.41. The smallest absolute Gasteiger partial charge is 0.250 e. The monoisotopic (exact) mass is 646 g/mol. The van der Waals surface area contributed by atoms with Crippen LogP contribution in [0, 0.1) is 13.5 Å². The molecule has 1 heterocycles. The van der Waals surface area contributed by atoms with Gasteiger partial charge >= 0.3 is 0 Å². The molecule has 0 bridgehead atoms. The molecule has 7 nitrogen and oxygen atoms in total. The fraction of sp³-hybridized carbons (Fsp3) is 0.516. The molecule has 0 aliphatic carbocycles. The van der Waals surface area contributed by atoms with E-state index in [9.17, 15) is 0 Å². The van der Waals surface area contributed by atoms with E-state index in [-0.39, 0.29) is 16.2 Å². The molecule has 1 N–H and O–H groups in total. The number of nitrogens with zero attached hydrogens (tertiary/aromatic N) is 3. The number of hydrogen-bond acceptors (Lipinski definition) is 6. The predicted octanol–water partition coefficient (Wildman–Crippen LogP) is 10.9. The topological polar surface area (TPSA) is 73.8 Å². The van der Waals surface area contributed by atoms with Crippen molar-refractivity contribution in [1.82, 2.24) is 10.2 Å². The van der Waals surface area contributed by atoms with E-state index in [0.29, 0.717) is 38.8 Å². The van der Waals surface area contributed by atoms with Crippen LogP contribution in [-0.2, 0) is 4.43 Å². The molecule has 0 spiro atoms. The molecule has 0 amide bonds. The molecular formula is C31H44Cl2N4O3Si2. The lowest BCUT2D eigenvalue weighted by Gasteiger charge is -2.40. The number of hydrogen-bond donors (Lipinski definition) is 1. The summed E-state index contributed by atoms with van der Waals surface area (Å²) in [6.07, 6.45) is -0.318. The van der Waals surface area contributed by atoms with Crippen molar-refractivity contribution in [1.29, 1.82) is 0 Å². The third-order valence-corrected chi connectivity index (χ3v) is 18.3. The Morgan fingerprint density at radius 2 is 1.57 bits per heavy atom. The fourth-order valence-electron chi connectivity index (χ4n) is 3.79. The van der Waals surface area contributed by atoms with Crippen LogP contribution in [0.25, 0.3) is 16.3 Å². The number of benzene rings is 2. The van der Waals surface area contributed by atoms with Crippen molar-refractivity contribution in [3.8, 4) is 17.2 Å². The van der Waals surface area contributed by atoms with E-state index < -0.39 is 22.7 Å². The molecule has 0 aliphatic rings. The number of rotatable bonds is 9. The highest BCUT2D eigenvalue weighted by Crippen LogP contribution is 2.42. The Hall–Kier alpha value is -2.36. The molecule has 3 rings (SSSR count). The van der Waals surface area contributed by atoms with Gasteiger partial charge in [0.25, 0.3) is 8.32 Å². The minimum absolute atomic E-state index is 0.00724. The summed E-state index contributed by atoms with van der Waals surface area (Å²) in [5.74, 6) is 1.37. The molecule has 0 radical (unpaired) electrons. The summed E-state index contributed by atoms with van der Waals surface area (Å²) in [5, 5.41) is 13.3. The van der Waals surface area contributed by atoms with Crippen LogP contribution in [0.15, 0.2) is 34.7 Å². The van der Waals surface area contributed by atoms with Gasteiger partial charge in [-0.1, -0.05) is 70.8 Å². The molecule has 228 valence electrons. The number of anilines is 1. The van der Waals surface area contributed by atoms with E-state index in [1.807, 2.05) is 32.0 Å². The molecule has 3 aromatic rings. The molecular weight excluding hydrogens is 603 g/mol. The maximum absolute atomic E-state index is 7.39. The Kier molecular flexibility index (Phi) is 10.0. The summed E-state index contributed by atoms with van der Waals surface area (Å²) in [7, 11) is -4.21. The summed E-state index contributed by atoms with van der Waals surface area (Å²) in [5.41, 5.74) is 2.62. The first-order chi connectivity index (χ1) is 19.2. The van der Waals surface area contributed by atoms with Crippen LogP contribution >= 0.6 is 23.2 Å². The van der Waals surface area contributed by atoms with Crippen molar-refractivity contribution in [3.63, 3.8) is 0 Å². The van der Waals surface area contributed by atoms with Gasteiger partial charge in [0.05, 0.1) is 22.7 Å². The summed E-state index contributed by atoms with van der Waals surface area (Å²) in [4.78, 5) is 3.51. The average Bonchev–Trinajstić information content (AvgIpc) is 3.34. The van der Waals surface area contributed by atoms with Crippen LogP contribution < -0.4 is 9.74 Å². The van der Waals surface area contributed by atoms with Gasteiger partial charge in [-0.05, 0) is 79.9 Å². The van der Waals surface area contributed by atoms with Crippen LogP contribution in [0.3, 0.4) is 0 Å². The first-order valence-electron chi connectivity index (χ1n) is 14.1. The van der Waals surface area contributed by atoms with Gasteiger partial charge in [-0.15, -0.1) is 10.2 Å². The summed E-state index contributed by atoms with van der Waals surface area (Å²) in [6, 6.07) is 8.62. The van der Waals surface area contributed by atoms with Crippen molar-refractivity contribution in [2.45, 2.75) is 104 Å². The molecule has 0 aliphatic heterocycles. The largest absolute Gasteiger partial charge is 0.543 e. The summed E-state index contributed by atoms with van der Waals surface area (Å²) < 4.78 is 19.5. The van der Waals surface area contributed by atoms with E-state index in [1.54, 1.807) is 12.1 Å². The van der Waals surface area contributed by atoms with E-state index in [1.165, 1.54) is 0 Å². The van der Waals surface area contributed by atoms with E-state index >= 15 is 0 Å². The Morgan fingerprint density at radius 1 is 0.952 bits per heavy atom. The van der Waals surface area contributed by atoms with Crippen LogP contribution in [0.2, 0.25) is 46.3 Å². The SMILES string of the molecule is [C-]#[N+]c1ccc(N[C@@H](c2nnc(-c3ccc(O[Si](C)(C)C(C)(C)C)c(Cl)c3)o2)[C@H](C)O[Si](C)(C)C(C)(C)C)c(C)c1Cl. The lowest BCUT2D eigenvalue weighted by atomic mass is 10.1. The first-order valence-corrected chi connectivity index (χ1v) is 20.7. The maximum Gasteiger partial charge on any atom is 0.250 e. The van der Waals surface area contributed by atoms with Crippen LogP contribution in [0.5, 0.6) is 5.75 Å². The molecule has 1 aromatic heterocycles. The highest BCUT2D eigenvalue weighted by atomic mass is 35.5. The Balaban J connectivity index is 1.99. The molecule has 0 unspecified atom stereocenters. The molecule has 2 atom stereocenters. The van der Waals surface area contributed by atoms with Crippen molar-refractivity contribution in [3.05, 3.63) is 63.2 Å². The van der Waals surface area contributed by atoms with Gasteiger partial charge in [0.2, 0.25) is 17.5 Å². The van der Waals surface area contributed by atoms with Gasteiger partial charge in [-0.2, -0.15) is 0 Å². The standard InChI is InChI=1S/C31H44Cl2N4O3Si2/c1-19-23(15-16-24(34-9)26(19)33)35-27(20(2)39-41(10,11)30(3,4)5)29-37-36-28(38-29)21-14-17-25(22(32)18-21)40-42(12,13)31(6,7)8/h14-18,20,27,35H,1-8,10-13H3/t20-,27+/m0/s1. The predicted molar refractivity (Wildman–Crippen MR) is 179 cm³/mol. The number of nitrogens with one attached hydrogen (secondary N) is 1. The molecule has 2 aromatic carbocycles. The molecule has 0 saturated heterocycles. The van der Waals surface area contributed by atoms with Crippen molar-refractivity contribution in [2.75, 3.05) is 5.32 Å². The Morgan fingerprint density at radius 3 is 2.12 bits per heavy atom. The average molecular weight is 648 g/mol. The van der Waals surface area contributed by atoms with Gasteiger partial charge in [0.1, 0.15) is 11.8 Å². The Bertz CT molecular complexity index is 1470. The van der Waals surface area contributed by atoms with Gasteiger partial charge in [0, 0.05) is 11.3 Å². The third-order valence-electron chi connectivity index (χ3n) is 8.61. The highest BCUT2D eigenvalue weighted by molar-refractivity contribution is 6.75. The van der Waals surface area contributed by atoms with Gasteiger partial charge < -0.3 is 18.6 Å². The zero-order valence-electron chi connectivity index (χ0n) is 26.9. The Labute approximate surface area is 263 Å². The van der Waals surface area contributed by atoms with Crippen molar-refractivity contribution >= 4 is 51.2 Å². The number of halogens is 2. The fourth-order valence-corrected chi connectivity index (χ4v) is 6.74. The van der Waals surface area contributed by atoms with Crippen LogP contribution in [0.4, 0.5) is 11.4 Å². The zero-order valence-corrected chi connectivity index (χ0v) is 30.4. The van der Waals surface area contributed by atoms with Crippen LogP contribution in [-0.4, -0.2) is 32.9 Å². The minimum atomic E-state index is -2.15. The minimum Gasteiger partial charge on any atom is -0.543 e. The third kappa shape index (κ3) is 7.40. The molecule has 0 fully saturated rings.